The summed E-state index contributed by atoms with van der Waals surface area (Å²) >= 11 is 0. The Labute approximate surface area is 121 Å². The molecule has 0 atom stereocenters. The number of nitro benzene ring substituents is 1. The van der Waals surface area contributed by atoms with Gasteiger partial charge in [-0.1, -0.05) is 12.1 Å². The summed E-state index contributed by atoms with van der Waals surface area (Å²) in [5.74, 6) is -0.462. The lowest BCUT2D eigenvalue weighted by molar-refractivity contribution is -0.388. The summed E-state index contributed by atoms with van der Waals surface area (Å²) in [6.07, 6.45) is 4.35. The van der Waals surface area contributed by atoms with Gasteiger partial charge in [0.15, 0.2) is 0 Å². The fraction of sp³-hybridized carbons (Fsp3) is 0.250. The Morgan fingerprint density at radius 3 is 2.62 bits per heavy atom. The highest BCUT2D eigenvalue weighted by molar-refractivity contribution is 5.50. The first-order valence-electron chi connectivity index (χ1n) is 6.88. The Hall–Kier alpha value is -2.43. The van der Waals surface area contributed by atoms with Crippen LogP contribution in [-0.4, -0.2) is 4.92 Å². The Bertz CT molecular complexity index is 700. The van der Waals surface area contributed by atoms with Crippen LogP contribution in [0.15, 0.2) is 36.4 Å². The van der Waals surface area contributed by atoms with E-state index >= 15 is 0 Å². The quantitative estimate of drug-likeness (QED) is 0.621. The SMILES string of the molecule is O=[N+]([O-])c1c(F)cccc1Oc1ccc2c(c1)CCCC2. The number of halogens is 1. The molecule has 5 heteroatoms. The maximum atomic E-state index is 13.6. The summed E-state index contributed by atoms with van der Waals surface area (Å²) in [6.45, 7) is 0. The summed E-state index contributed by atoms with van der Waals surface area (Å²) in [7, 11) is 0. The molecule has 0 fully saturated rings. The third kappa shape index (κ3) is 2.72. The zero-order valence-electron chi connectivity index (χ0n) is 11.3. The zero-order valence-corrected chi connectivity index (χ0v) is 11.3. The van der Waals surface area contributed by atoms with E-state index in [1.165, 1.54) is 29.7 Å². The van der Waals surface area contributed by atoms with E-state index in [0.29, 0.717) is 5.75 Å². The Kier molecular flexibility index (Phi) is 3.56. The van der Waals surface area contributed by atoms with Gasteiger partial charge in [-0.2, -0.15) is 4.39 Å². The summed E-state index contributed by atoms with van der Waals surface area (Å²) < 4.78 is 19.1. The summed E-state index contributed by atoms with van der Waals surface area (Å²) in [5, 5.41) is 11.0. The number of hydrogen-bond donors (Lipinski definition) is 0. The first-order chi connectivity index (χ1) is 10.1. The molecule has 4 nitrogen and oxygen atoms in total. The number of fused-ring (bicyclic) bond motifs is 1. The Morgan fingerprint density at radius 2 is 1.86 bits per heavy atom. The standard InChI is InChI=1S/C16H14FNO3/c17-14-6-3-7-15(16(14)18(19)20)21-13-9-8-11-4-1-2-5-12(11)10-13/h3,6-10H,1-2,4-5H2. The van der Waals surface area contributed by atoms with E-state index in [2.05, 4.69) is 0 Å². The van der Waals surface area contributed by atoms with Crippen molar-refractivity contribution >= 4 is 5.69 Å². The molecule has 0 bridgehead atoms. The second-order valence-electron chi connectivity index (χ2n) is 5.08. The average molecular weight is 287 g/mol. The summed E-state index contributed by atoms with van der Waals surface area (Å²) in [5.41, 5.74) is 1.87. The number of aryl methyl sites for hydroxylation is 2. The second-order valence-corrected chi connectivity index (χ2v) is 5.08. The number of nitrogens with zero attached hydrogens (tertiary/aromatic N) is 1. The molecule has 2 aromatic rings. The number of rotatable bonds is 3. The van der Waals surface area contributed by atoms with Gasteiger partial charge in [0.25, 0.3) is 0 Å². The van der Waals surface area contributed by atoms with E-state index in [1.807, 2.05) is 12.1 Å². The van der Waals surface area contributed by atoms with Gasteiger partial charge in [0.2, 0.25) is 11.6 Å². The van der Waals surface area contributed by atoms with Crippen LogP contribution < -0.4 is 4.74 Å². The van der Waals surface area contributed by atoms with Gasteiger partial charge in [-0.15, -0.1) is 0 Å². The fourth-order valence-corrected chi connectivity index (χ4v) is 2.66. The molecule has 0 saturated heterocycles. The molecule has 0 N–H and O–H groups in total. The Morgan fingerprint density at radius 1 is 1.10 bits per heavy atom. The van der Waals surface area contributed by atoms with E-state index in [-0.39, 0.29) is 5.75 Å². The van der Waals surface area contributed by atoms with Crippen LogP contribution in [0.1, 0.15) is 24.0 Å². The molecule has 108 valence electrons. The number of para-hydroxylation sites is 1. The average Bonchev–Trinajstić information content (AvgIpc) is 2.47. The predicted molar refractivity (Wildman–Crippen MR) is 76.2 cm³/mol. The van der Waals surface area contributed by atoms with Crippen molar-refractivity contribution in [2.45, 2.75) is 25.7 Å². The molecule has 0 saturated carbocycles. The van der Waals surface area contributed by atoms with Crippen molar-refractivity contribution in [2.75, 3.05) is 0 Å². The lowest BCUT2D eigenvalue weighted by Gasteiger charge is -2.16. The molecule has 0 heterocycles. The van der Waals surface area contributed by atoms with E-state index in [0.717, 1.165) is 25.3 Å². The van der Waals surface area contributed by atoms with E-state index in [4.69, 9.17) is 4.74 Å². The van der Waals surface area contributed by atoms with Crippen LogP contribution in [0.25, 0.3) is 0 Å². The maximum absolute atomic E-state index is 13.6. The third-order valence-electron chi connectivity index (χ3n) is 3.68. The highest BCUT2D eigenvalue weighted by Crippen LogP contribution is 2.34. The first-order valence-corrected chi connectivity index (χ1v) is 6.88. The lowest BCUT2D eigenvalue weighted by Crippen LogP contribution is -2.02. The smallest absolute Gasteiger partial charge is 0.346 e. The summed E-state index contributed by atoms with van der Waals surface area (Å²) in [4.78, 5) is 10.2. The van der Waals surface area contributed by atoms with Gasteiger partial charge in [0, 0.05) is 0 Å². The van der Waals surface area contributed by atoms with Crippen LogP contribution in [0.4, 0.5) is 10.1 Å². The van der Waals surface area contributed by atoms with Gasteiger partial charge in [0.05, 0.1) is 4.92 Å². The molecule has 0 amide bonds. The monoisotopic (exact) mass is 287 g/mol. The number of benzene rings is 2. The highest BCUT2D eigenvalue weighted by Gasteiger charge is 2.22. The van der Waals surface area contributed by atoms with Crippen LogP contribution in [0.2, 0.25) is 0 Å². The summed E-state index contributed by atoms with van der Waals surface area (Å²) in [6, 6.07) is 9.51. The second kappa shape index (κ2) is 5.52. The molecule has 0 aliphatic heterocycles. The molecule has 3 rings (SSSR count). The molecule has 2 aromatic carbocycles. The van der Waals surface area contributed by atoms with Crippen LogP contribution in [0.3, 0.4) is 0 Å². The number of nitro groups is 1. The van der Waals surface area contributed by atoms with Crippen LogP contribution in [0, 0.1) is 15.9 Å². The minimum Gasteiger partial charge on any atom is -0.450 e. The van der Waals surface area contributed by atoms with Gasteiger partial charge in [0.1, 0.15) is 5.75 Å². The minimum atomic E-state index is -0.893. The molecular formula is C16H14FNO3. The van der Waals surface area contributed by atoms with Crippen molar-refractivity contribution in [2.24, 2.45) is 0 Å². The minimum absolute atomic E-state index is 0.0734. The van der Waals surface area contributed by atoms with Crippen molar-refractivity contribution < 1.29 is 14.1 Å². The van der Waals surface area contributed by atoms with Crippen molar-refractivity contribution in [3.05, 3.63) is 63.5 Å². The molecule has 21 heavy (non-hydrogen) atoms. The van der Waals surface area contributed by atoms with Crippen molar-refractivity contribution in [1.82, 2.24) is 0 Å². The molecule has 0 spiro atoms. The molecule has 0 aromatic heterocycles. The molecule has 1 aliphatic rings. The number of hydrogen-bond acceptors (Lipinski definition) is 3. The maximum Gasteiger partial charge on any atom is 0.346 e. The van der Waals surface area contributed by atoms with Gasteiger partial charge in [-0.05, 0) is 61.1 Å². The van der Waals surface area contributed by atoms with E-state index in [9.17, 15) is 14.5 Å². The molecule has 0 unspecified atom stereocenters. The zero-order chi connectivity index (χ0) is 14.8. The first kappa shape index (κ1) is 13.5. The highest BCUT2D eigenvalue weighted by atomic mass is 19.1. The van der Waals surface area contributed by atoms with E-state index < -0.39 is 16.4 Å². The molecule has 1 aliphatic carbocycles. The van der Waals surface area contributed by atoms with Crippen LogP contribution in [-0.2, 0) is 12.8 Å². The van der Waals surface area contributed by atoms with E-state index in [1.54, 1.807) is 6.07 Å². The van der Waals surface area contributed by atoms with Crippen molar-refractivity contribution in [3.63, 3.8) is 0 Å². The largest absolute Gasteiger partial charge is 0.450 e. The molecule has 0 radical (unpaired) electrons. The van der Waals surface area contributed by atoms with Crippen molar-refractivity contribution in [1.29, 1.82) is 0 Å². The fourth-order valence-electron chi connectivity index (χ4n) is 2.66. The normalized spacial score (nSPS) is 13.6. The predicted octanol–water partition coefficient (Wildman–Crippen LogP) is 4.41. The number of ether oxygens (including phenoxy) is 1. The van der Waals surface area contributed by atoms with Crippen LogP contribution >= 0.6 is 0 Å². The van der Waals surface area contributed by atoms with Gasteiger partial charge < -0.3 is 4.74 Å². The lowest BCUT2D eigenvalue weighted by atomic mass is 9.92. The van der Waals surface area contributed by atoms with Gasteiger partial charge in [-0.3, -0.25) is 10.1 Å². The molecular weight excluding hydrogens is 273 g/mol. The van der Waals surface area contributed by atoms with Crippen molar-refractivity contribution in [3.8, 4) is 11.5 Å². The Balaban J connectivity index is 1.94. The van der Waals surface area contributed by atoms with Gasteiger partial charge >= 0.3 is 5.69 Å². The third-order valence-corrected chi connectivity index (χ3v) is 3.68. The topological polar surface area (TPSA) is 52.4 Å². The van der Waals surface area contributed by atoms with Crippen LogP contribution in [0.5, 0.6) is 11.5 Å². The van der Waals surface area contributed by atoms with Gasteiger partial charge in [-0.25, -0.2) is 0 Å².